The van der Waals surface area contributed by atoms with E-state index in [4.69, 9.17) is 25.8 Å². The van der Waals surface area contributed by atoms with Gasteiger partial charge in [-0.2, -0.15) is 0 Å². The van der Waals surface area contributed by atoms with Crippen molar-refractivity contribution in [3.8, 4) is 11.5 Å². The molecular formula is C18H15ClN2O7. The molecule has 9 nitrogen and oxygen atoms in total. The van der Waals surface area contributed by atoms with Crippen LogP contribution in [0.2, 0.25) is 5.02 Å². The summed E-state index contributed by atoms with van der Waals surface area (Å²) in [6, 6.07) is 8.21. The summed E-state index contributed by atoms with van der Waals surface area (Å²) in [7, 11) is 0. The van der Waals surface area contributed by atoms with Crippen LogP contribution in [-0.4, -0.2) is 36.6 Å². The van der Waals surface area contributed by atoms with Crippen molar-refractivity contribution in [2.75, 3.05) is 25.1 Å². The molecule has 3 rings (SSSR count). The van der Waals surface area contributed by atoms with Crippen LogP contribution in [0.3, 0.4) is 0 Å². The number of amides is 1. The SMILES string of the molecule is O=C(COC(=O)c1cc(Cl)c2c(c1)OCCCO2)Nc1cccc([N+](=O)[O-])c1. The van der Waals surface area contributed by atoms with Crippen LogP contribution in [0, 0.1) is 10.1 Å². The Morgan fingerprint density at radius 1 is 1.21 bits per heavy atom. The molecule has 2 aromatic carbocycles. The summed E-state index contributed by atoms with van der Waals surface area (Å²) in [5, 5.41) is 13.4. The molecule has 0 spiro atoms. The van der Waals surface area contributed by atoms with E-state index in [1.807, 2.05) is 0 Å². The fourth-order valence-electron chi connectivity index (χ4n) is 2.46. The van der Waals surface area contributed by atoms with Gasteiger partial charge >= 0.3 is 5.97 Å². The number of carbonyl (C=O) groups is 2. The van der Waals surface area contributed by atoms with Gasteiger partial charge in [-0.3, -0.25) is 14.9 Å². The van der Waals surface area contributed by atoms with Crippen molar-refractivity contribution in [2.24, 2.45) is 0 Å². The molecular weight excluding hydrogens is 392 g/mol. The van der Waals surface area contributed by atoms with Crippen molar-refractivity contribution < 1.29 is 28.7 Å². The molecule has 146 valence electrons. The van der Waals surface area contributed by atoms with Crippen LogP contribution in [0.15, 0.2) is 36.4 Å². The minimum absolute atomic E-state index is 0.109. The second-order valence-corrected chi connectivity index (χ2v) is 6.17. The number of fused-ring (bicyclic) bond motifs is 1. The Morgan fingerprint density at radius 3 is 2.79 bits per heavy atom. The number of hydrogen-bond donors (Lipinski definition) is 1. The van der Waals surface area contributed by atoms with Gasteiger partial charge in [0, 0.05) is 24.2 Å². The van der Waals surface area contributed by atoms with Crippen molar-refractivity contribution in [3.63, 3.8) is 0 Å². The topological polar surface area (TPSA) is 117 Å². The molecule has 0 radical (unpaired) electrons. The van der Waals surface area contributed by atoms with E-state index in [0.29, 0.717) is 31.1 Å². The Labute approximate surface area is 164 Å². The van der Waals surface area contributed by atoms with Crippen LogP contribution in [0.1, 0.15) is 16.8 Å². The van der Waals surface area contributed by atoms with E-state index in [0.717, 1.165) is 0 Å². The fraction of sp³-hybridized carbons (Fsp3) is 0.222. The Kier molecular flexibility index (Phi) is 5.95. The first-order valence-electron chi connectivity index (χ1n) is 8.24. The van der Waals surface area contributed by atoms with E-state index >= 15 is 0 Å². The van der Waals surface area contributed by atoms with Gasteiger partial charge in [-0.05, 0) is 18.2 Å². The predicted molar refractivity (Wildman–Crippen MR) is 99.1 cm³/mol. The Balaban J connectivity index is 1.61. The first-order chi connectivity index (χ1) is 13.4. The zero-order valence-electron chi connectivity index (χ0n) is 14.5. The molecule has 2 aromatic rings. The lowest BCUT2D eigenvalue weighted by Crippen LogP contribution is -2.21. The van der Waals surface area contributed by atoms with E-state index < -0.39 is 23.4 Å². The number of nitro benzene ring substituents is 1. The molecule has 0 saturated heterocycles. The summed E-state index contributed by atoms with van der Waals surface area (Å²) in [5.41, 5.74) is 0.155. The number of nitrogens with zero attached hydrogens (tertiary/aromatic N) is 1. The number of ether oxygens (including phenoxy) is 3. The molecule has 0 saturated carbocycles. The third kappa shape index (κ3) is 4.68. The highest BCUT2D eigenvalue weighted by molar-refractivity contribution is 6.32. The number of benzene rings is 2. The molecule has 1 heterocycles. The van der Waals surface area contributed by atoms with Gasteiger partial charge in [0.2, 0.25) is 0 Å². The lowest BCUT2D eigenvalue weighted by Gasteiger charge is -2.11. The number of carbonyl (C=O) groups excluding carboxylic acids is 2. The average molecular weight is 407 g/mol. The first kappa shape index (κ1) is 19.4. The lowest BCUT2D eigenvalue weighted by atomic mass is 10.2. The normalized spacial score (nSPS) is 12.6. The zero-order chi connectivity index (χ0) is 20.1. The fourth-order valence-corrected chi connectivity index (χ4v) is 2.72. The van der Waals surface area contributed by atoms with E-state index in [1.54, 1.807) is 0 Å². The maximum Gasteiger partial charge on any atom is 0.338 e. The van der Waals surface area contributed by atoms with Crippen LogP contribution in [0.4, 0.5) is 11.4 Å². The van der Waals surface area contributed by atoms with Crippen LogP contribution in [0.25, 0.3) is 0 Å². The average Bonchev–Trinajstić information content (AvgIpc) is 2.92. The van der Waals surface area contributed by atoms with Gasteiger partial charge in [0.25, 0.3) is 11.6 Å². The van der Waals surface area contributed by atoms with Crippen LogP contribution in [-0.2, 0) is 9.53 Å². The maximum atomic E-state index is 12.2. The Hall–Kier alpha value is -3.33. The molecule has 1 amide bonds. The second kappa shape index (κ2) is 8.57. The first-order valence-corrected chi connectivity index (χ1v) is 8.62. The van der Waals surface area contributed by atoms with Gasteiger partial charge in [-0.25, -0.2) is 4.79 Å². The molecule has 0 unspecified atom stereocenters. The molecule has 0 aromatic heterocycles. The van der Waals surface area contributed by atoms with Crippen LogP contribution >= 0.6 is 11.6 Å². The van der Waals surface area contributed by atoms with Crippen molar-refractivity contribution in [1.29, 1.82) is 0 Å². The van der Waals surface area contributed by atoms with Crippen LogP contribution < -0.4 is 14.8 Å². The van der Waals surface area contributed by atoms with Crippen molar-refractivity contribution in [3.05, 3.63) is 57.1 Å². The summed E-state index contributed by atoms with van der Waals surface area (Å²) < 4.78 is 16.0. The van der Waals surface area contributed by atoms with Gasteiger partial charge < -0.3 is 19.5 Å². The molecule has 28 heavy (non-hydrogen) atoms. The molecule has 1 aliphatic rings. The number of nitro groups is 1. The smallest absolute Gasteiger partial charge is 0.338 e. The van der Waals surface area contributed by atoms with Gasteiger partial charge in [0.1, 0.15) is 0 Å². The minimum atomic E-state index is -0.772. The number of esters is 1. The highest BCUT2D eigenvalue weighted by Crippen LogP contribution is 2.38. The quantitative estimate of drug-likeness (QED) is 0.460. The van der Waals surface area contributed by atoms with Crippen molar-refractivity contribution in [2.45, 2.75) is 6.42 Å². The monoisotopic (exact) mass is 406 g/mol. The zero-order valence-corrected chi connectivity index (χ0v) is 15.2. The molecule has 0 aliphatic carbocycles. The van der Waals surface area contributed by atoms with Gasteiger partial charge in [-0.1, -0.05) is 17.7 Å². The highest BCUT2D eigenvalue weighted by Gasteiger charge is 2.20. The standard InChI is InChI=1S/C18H15ClN2O7/c19-14-7-11(8-15-17(14)27-6-2-5-26-15)18(23)28-10-16(22)20-12-3-1-4-13(9-12)21(24)25/h1,3-4,7-9H,2,5-6,10H2,(H,20,22). The third-order valence-corrected chi connectivity index (χ3v) is 3.99. The minimum Gasteiger partial charge on any atom is -0.489 e. The van der Waals surface area contributed by atoms with E-state index in [1.165, 1.54) is 36.4 Å². The molecule has 0 fully saturated rings. The molecule has 1 aliphatic heterocycles. The van der Waals surface area contributed by atoms with E-state index in [9.17, 15) is 19.7 Å². The number of anilines is 1. The molecule has 0 atom stereocenters. The lowest BCUT2D eigenvalue weighted by molar-refractivity contribution is -0.384. The summed E-state index contributed by atoms with van der Waals surface area (Å²) in [5.74, 6) is -0.724. The Bertz CT molecular complexity index is 932. The summed E-state index contributed by atoms with van der Waals surface area (Å²) in [4.78, 5) is 34.3. The number of non-ortho nitro benzene ring substituents is 1. The number of halogens is 1. The Morgan fingerprint density at radius 2 is 2.00 bits per heavy atom. The summed E-state index contributed by atoms with van der Waals surface area (Å²) in [6.07, 6.45) is 0.683. The molecule has 0 bridgehead atoms. The van der Waals surface area contributed by atoms with E-state index in [-0.39, 0.29) is 22.0 Å². The third-order valence-electron chi connectivity index (χ3n) is 3.71. The number of rotatable bonds is 5. The van der Waals surface area contributed by atoms with E-state index in [2.05, 4.69) is 5.32 Å². The highest BCUT2D eigenvalue weighted by atomic mass is 35.5. The van der Waals surface area contributed by atoms with Crippen LogP contribution in [0.5, 0.6) is 11.5 Å². The van der Waals surface area contributed by atoms with Gasteiger partial charge in [0.05, 0.1) is 28.7 Å². The number of nitrogens with one attached hydrogen (secondary N) is 1. The maximum absolute atomic E-state index is 12.2. The molecule has 10 heteroatoms. The van der Waals surface area contributed by atoms with Gasteiger partial charge in [-0.15, -0.1) is 0 Å². The molecule has 1 N–H and O–H groups in total. The largest absolute Gasteiger partial charge is 0.489 e. The van der Waals surface area contributed by atoms with Gasteiger partial charge in [0.15, 0.2) is 18.1 Å². The number of hydrogen-bond acceptors (Lipinski definition) is 7. The summed E-state index contributed by atoms with van der Waals surface area (Å²) in [6.45, 7) is 0.301. The second-order valence-electron chi connectivity index (χ2n) is 5.77. The van der Waals surface area contributed by atoms with Crippen molar-refractivity contribution in [1.82, 2.24) is 0 Å². The van der Waals surface area contributed by atoms with Crippen molar-refractivity contribution >= 4 is 34.9 Å². The predicted octanol–water partition coefficient (Wildman–Crippen LogP) is 3.21. The summed E-state index contributed by atoms with van der Waals surface area (Å²) >= 11 is 6.13.